The minimum atomic E-state index is 0.303. The number of hydrogen-bond acceptors (Lipinski definition) is 2. The topological polar surface area (TPSA) is 12.5 Å². The zero-order valence-electron chi connectivity index (χ0n) is 12.9. The Bertz CT molecular complexity index is 239. The van der Waals surface area contributed by atoms with E-state index in [0.29, 0.717) is 16.4 Å². The third-order valence-corrected chi connectivity index (χ3v) is 4.68. The molecule has 1 rings (SSSR count). The standard InChI is InChI=1S/C15H31NO/c1-13(2,3)15(12-17-7)8-10-16(11-9-15)14(4,5)6/h8-12H2,1-7H3. The highest BCUT2D eigenvalue weighted by atomic mass is 16.5. The largest absolute Gasteiger partial charge is 0.384 e. The first-order chi connectivity index (χ1) is 7.62. The molecule has 2 nitrogen and oxygen atoms in total. The molecule has 17 heavy (non-hydrogen) atoms. The van der Waals surface area contributed by atoms with Crippen LogP contribution in [0, 0.1) is 10.8 Å². The molecule has 1 heterocycles. The molecular formula is C15H31NO. The van der Waals surface area contributed by atoms with E-state index in [1.807, 2.05) is 7.11 Å². The van der Waals surface area contributed by atoms with Crippen LogP contribution in [-0.2, 0) is 4.74 Å². The van der Waals surface area contributed by atoms with Crippen molar-refractivity contribution in [3.63, 3.8) is 0 Å². The van der Waals surface area contributed by atoms with Crippen LogP contribution in [0.2, 0.25) is 0 Å². The number of methoxy groups -OCH3 is 1. The molecule has 1 aliphatic heterocycles. The summed E-state index contributed by atoms with van der Waals surface area (Å²) in [6, 6.07) is 0. The summed E-state index contributed by atoms with van der Waals surface area (Å²) in [6.45, 7) is 17.3. The van der Waals surface area contributed by atoms with E-state index in [1.165, 1.54) is 25.9 Å². The number of nitrogens with zero attached hydrogens (tertiary/aromatic N) is 1. The van der Waals surface area contributed by atoms with E-state index in [1.54, 1.807) is 0 Å². The van der Waals surface area contributed by atoms with Gasteiger partial charge in [-0.15, -0.1) is 0 Å². The molecule has 0 bridgehead atoms. The lowest BCUT2D eigenvalue weighted by atomic mass is 9.61. The zero-order valence-corrected chi connectivity index (χ0v) is 12.9. The fourth-order valence-electron chi connectivity index (χ4n) is 2.99. The SMILES string of the molecule is COCC1(C(C)(C)C)CCN(C(C)(C)C)CC1. The summed E-state index contributed by atoms with van der Waals surface area (Å²) < 4.78 is 5.51. The van der Waals surface area contributed by atoms with Gasteiger partial charge in [-0.3, -0.25) is 4.90 Å². The molecule has 0 radical (unpaired) electrons. The smallest absolute Gasteiger partial charge is 0.0524 e. The van der Waals surface area contributed by atoms with Crippen molar-refractivity contribution < 1.29 is 4.74 Å². The van der Waals surface area contributed by atoms with Gasteiger partial charge in [-0.25, -0.2) is 0 Å². The first-order valence-electron chi connectivity index (χ1n) is 6.86. The summed E-state index contributed by atoms with van der Waals surface area (Å²) in [5.74, 6) is 0. The predicted octanol–water partition coefficient (Wildman–Crippen LogP) is 3.56. The van der Waals surface area contributed by atoms with Crippen LogP contribution in [0.3, 0.4) is 0 Å². The van der Waals surface area contributed by atoms with E-state index in [2.05, 4.69) is 46.4 Å². The molecule has 0 aliphatic carbocycles. The van der Waals surface area contributed by atoms with Crippen molar-refractivity contribution in [3.8, 4) is 0 Å². The van der Waals surface area contributed by atoms with E-state index < -0.39 is 0 Å². The van der Waals surface area contributed by atoms with E-state index in [0.717, 1.165) is 6.61 Å². The van der Waals surface area contributed by atoms with Crippen molar-refractivity contribution in [3.05, 3.63) is 0 Å². The maximum Gasteiger partial charge on any atom is 0.0524 e. The Hall–Kier alpha value is -0.0800. The minimum Gasteiger partial charge on any atom is -0.384 e. The van der Waals surface area contributed by atoms with Crippen LogP contribution in [0.1, 0.15) is 54.4 Å². The number of likely N-dealkylation sites (tertiary alicyclic amines) is 1. The van der Waals surface area contributed by atoms with Crippen molar-refractivity contribution in [2.75, 3.05) is 26.8 Å². The van der Waals surface area contributed by atoms with Crippen molar-refractivity contribution >= 4 is 0 Å². The van der Waals surface area contributed by atoms with Crippen LogP contribution >= 0.6 is 0 Å². The fraction of sp³-hybridized carbons (Fsp3) is 1.00. The lowest BCUT2D eigenvalue weighted by Crippen LogP contribution is -2.53. The zero-order chi connectivity index (χ0) is 13.3. The van der Waals surface area contributed by atoms with Crippen molar-refractivity contribution in [1.29, 1.82) is 0 Å². The molecule has 0 N–H and O–H groups in total. The molecule has 0 atom stereocenters. The molecule has 0 amide bonds. The monoisotopic (exact) mass is 241 g/mol. The van der Waals surface area contributed by atoms with Gasteiger partial charge in [0.15, 0.2) is 0 Å². The van der Waals surface area contributed by atoms with Gasteiger partial charge in [0.1, 0.15) is 0 Å². The van der Waals surface area contributed by atoms with Gasteiger partial charge >= 0.3 is 0 Å². The van der Waals surface area contributed by atoms with Gasteiger partial charge in [0.25, 0.3) is 0 Å². The first-order valence-corrected chi connectivity index (χ1v) is 6.86. The quantitative estimate of drug-likeness (QED) is 0.733. The third kappa shape index (κ3) is 3.23. The normalized spacial score (nSPS) is 22.8. The van der Waals surface area contributed by atoms with Crippen LogP contribution in [0.15, 0.2) is 0 Å². The molecule has 1 saturated heterocycles. The van der Waals surface area contributed by atoms with Gasteiger partial charge < -0.3 is 4.74 Å². The Morgan fingerprint density at radius 3 is 1.76 bits per heavy atom. The molecule has 1 fully saturated rings. The van der Waals surface area contributed by atoms with Gasteiger partial charge in [-0.05, 0) is 52.1 Å². The Labute approximate surface area is 108 Å². The van der Waals surface area contributed by atoms with Crippen LogP contribution in [0.4, 0.5) is 0 Å². The molecule has 102 valence electrons. The van der Waals surface area contributed by atoms with Gasteiger partial charge in [-0.1, -0.05) is 20.8 Å². The molecule has 0 saturated carbocycles. The number of rotatable bonds is 2. The summed E-state index contributed by atoms with van der Waals surface area (Å²) in [5.41, 5.74) is 0.980. The highest BCUT2D eigenvalue weighted by molar-refractivity contribution is 4.96. The Balaban J connectivity index is 2.75. The summed E-state index contributed by atoms with van der Waals surface area (Å²) >= 11 is 0. The molecule has 1 aliphatic rings. The summed E-state index contributed by atoms with van der Waals surface area (Å²) in [5, 5.41) is 0. The summed E-state index contributed by atoms with van der Waals surface area (Å²) in [4.78, 5) is 2.60. The highest BCUT2D eigenvalue weighted by Crippen LogP contribution is 2.47. The fourth-order valence-corrected chi connectivity index (χ4v) is 2.99. The van der Waals surface area contributed by atoms with Crippen LogP contribution < -0.4 is 0 Å². The lowest BCUT2D eigenvalue weighted by Gasteiger charge is -2.52. The van der Waals surface area contributed by atoms with Crippen LogP contribution in [0.5, 0.6) is 0 Å². The number of hydrogen-bond donors (Lipinski definition) is 0. The van der Waals surface area contributed by atoms with Crippen molar-refractivity contribution in [2.24, 2.45) is 10.8 Å². The van der Waals surface area contributed by atoms with E-state index in [4.69, 9.17) is 4.74 Å². The second-order valence-electron chi connectivity index (χ2n) is 7.62. The van der Waals surface area contributed by atoms with Gasteiger partial charge in [0.2, 0.25) is 0 Å². The van der Waals surface area contributed by atoms with Crippen molar-refractivity contribution in [2.45, 2.75) is 59.9 Å². The predicted molar refractivity (Wildman–Crippen MR) is 74.3 cm³/mol. The molecule has 0 spiro atoms. The first kappa shape index (κ1) is 15.0. The average Bonchev–Trinajstić information content (AvgIpc) is 2.15. The lowest BCUT2D eigenvalue weighted by molar-refractivity contribution is -0.0678. The molecule has 2 heteroatoms. The number of ether oxygens (including phenoxy) is 1. The third-order valence-electron chi connectivity index (χ3n) is 4.68. The second-order valence-corrected chi connectivity index (χ2v) is 7.62. The van der Waals surface area contributed by atoms with Crippen LogP contribution in [0.25, 0.3) is 0 Å². The second kappa shape index (κ2) is 4.89. The summed E-state index contributed by atoms with van der Waals surface area (Å²) in [7, 11) is 1.84. The maximum absolute atomic E-state index is 5.51. The maximum atomic E-state index is 5.51. The Kier molecular flexibility index (Phi) is 4.31. The molecule has 0 aromatic carbocycles. The Morgan fingerprint density at radius 2 is 1.47 bits per heavy atom. The number of piperidine rings is 1. The molecule has 0 aromatic heterocycles. The van der Waals surface area contributed by atoms with Gasteiger partial charge in [-0.2, -0.15) is 0 Å². The molecule has 0 unspecified atom stereocenters. The minimum absolute atomic E-state index is 0.303. The molecule has 0 aromatic rings. The van der Waals surface area contributed by atoms with Crippen LogP contribution in [-0.4, -0.2) is 37.2 Å². The Morgan fingerprint density at radius 1 is 1.00 bits per heavy atom. The van der Waals surface area contributed by atoms with E-state index >= 15 is 0 Å². The summed E-state index contributed by atoms with van der Waals surface area (Å²) in [6.07, 6.45) is 2.50. The van der Waals surface area contributed by atoms with E-state index in [-0.39, 0.29) is 0 Å². The van der Waals surface area contributed by atoms with E-state index in [9.17, 15) is 0 Å². The van der Waals surface area contributed by atoms with Gasteiger partial charge in [0, 0.05) is 18.1 Å². The average molecular weight is 241 g/mol. The highest BCUT2D eigenvalue weighted by Gasteiger charge is 2.45. The van der Waals surface area contributed by atoms with Crippen molar-refractivity contribution in [1.82, 2.24) is 4.90 Å². The molecular weight excluding hydrogens is 210 g/mol. The van der Waals surface area contributed by atoms with Gasteiger partial charge in [0.05, 0.1) is 6.61 Å².